The Bertz CT molecular complexity index is 380. The average Bonchev–Trinajstić information content (AvgIpc) is 2.39. The molecule has 0 amide bonds. The van der Waals surface area contributed by atoms with Crippen molar-refractivity contribution >= 4 is 11.6 Å². The van der Waals surface area contributed by atoms with Gasteiger partial charge < -0.3 is 10.1 Å². The normalized spacial score (nSPS) is 24.6. The third-order valence-corrected chi connectivity index (χ3v) is 3.98. The van der Waals surface area contributed by atoms with E-state index in [2.05, 4.69) is 24.4 Å². The molecule has 0 radical (unpaired) electrons. The standard InChI is InChI=1S/C14H20ClNO/c1-3-10-6-7-16-13(8-10)11-4-5-12(15)14(9-11)17-2/h4-5,9-10,13,16H,3,6-8H2,1-2H3. The monoisotopic (exact) mass is 253 g/mol. The lowest BCUT2D eigenvalue weighted by Crippen LogP contribution is -2.31. The average molecular weight is 254 g/mol. The molecule has 2 nitrogen and oxygen atoms in total. The second-order valence-electron chi connectivity index (χ2n) is 4.70. The molecule has 2 atom stereocenters. The molecule has 1 saturated heterocycles. The van der Waals surface area contributed by atoms with Crippen LogP contribution in [0, 0.1) is 5.92 Å². The molecule has 2 unspecified atom stereocenters. The van der Waals surface area contributed by atoms with Gasteiger partial charge in [0.15, 0.2) is 0 Å². The Morgan fingerprint density at radius 3 is 3.00 bits per heavy atom. The first-order valence-corrected chi connectivity index (χ1v) is 6.69. The van der Waals surface area contributed by atoms with E-state index in [1.165, 1.54) is 24.8 Å². The van der Waals surface area contributed by atoms with Crippen molar-refractivity contribution in [3.8, 4) is 5.75 Å². The number of hydrogen-bond acceptors (Lipinski definition) is 2. The molecular formula is C14H20ClNO. The van der Waals surface area contributed by atoms with Crippen LogP contribution in [0.1, 0.15) is 37.8 Å². The number of piperidine rings is 1. The number of benzene rings is 1. The molecule has 1 aliphatic rings. The fraction of sp³-hybridized carbons (Fsp3) is 0.571. The van der Waals surface area contributed by atoms with Gasteiger partial charge in [-0.15, -0.1) is 0 Å². The SMILES string of the molecule is CCC1CCNC(c2ccc(Cl)c(OC)c2)C1. The Labute approximate surface area is 108 Å². The van der Waals surface area contributed by atoms with Crippen molar-refractivity contribution in [1.29, 1.82) is 0 Å². The summed E-state index contributed by atoms with van der Waals surface area (Å²) in [5, 5.41) is 4.25. The quantitative estimate of drug-likeness (QED) is 0.885. The van der Waals surface area contributed by atoms with Crippen LogP contribution >= 0.6 is 11.6 Å². The molecular weight excluding hydrogens is 234 g/mol. The minimum absolute atomic E-state index is 0.444. The van der Waals surface area contributed by atoms with E-state index in [-0.39, 0.29) is 0 Å². The third kappa shape index (κ3) is 2.93. The second-order valence-corrected chi connectivity index (χ2v) is 5.11. The van der Waals surface area contributed by atoms with Crippen LogP contribution in [0.25, 0.3) is 0 Å². The Morgan fingerprint density at radius 1 is 1.47 bits per heavy atom. The molecule has 0 aromatic heterocycles. The number of rotatable bonds is 3. The van der Waals surface area contributed by atoms with Gasteiger partial charge in [-0.05, 0) is 43.0 Å². The second kappa shape index (κ2) is 5.74. The summed E-state index contributed by atoms with van der Waals surface area (Å²) >= 11 is 6.05. The minimum Gasteiger partial charge on any atom is -0.495 e. The predicted octanol–water partition coefficient (Wildman–Crippen LogP) is 3.80. The van der Waals surface area contributed by atoms with Gasteiger partial charge in [-0.3, -0.25) is 0 Å². The number of halogens is 1. The maximum atomic E-state index is 6.05. The van der Waals surface area contributed by atoms with E-state index < -0.39 is 0 Å². The number of nitrogens with one attached hydrogen (secondary N) is 1. The summed E-state index contributed by atoms with van der Waals surface area (Å²) in [5.41, 5.74) is 1.28. The largest absolute Gasteiger partial charge is 0.495 e. The maximum absolute atomic E-state index is 6.05. The molecule has 0 bridgehead atoms. The molecule has 1 heterocycles. The fourth-order valence-corrected chi connectivity index (χ4v) is 2.71. The summed E-state index contributed by atoms with van der Waals surface area (Å²) in [4.78, 5) is 0. The number of hydrogen-bond donors (Lipinski definition) is 1. The summed E-state index contributed by atoms with van der Waals surface area (Å²) in [6.07, 6.45) is 3.77. The first-order valence-electron chi connectivity index (χ1n) is 6.31. The third-order valence-electron chi connectivity index (χ3n) is 3.67. The molecule has 1 fully saturated rings. The Morgan fingerprint density at radius 2 is 2.29 bits per heavy atom. The summed E-state index contributed by atoms with van der Waals surface area (Å²) in [5.74, 6) is 1.60. The van der Waals surface area contributed by atoms with Crippen LogP contribution in [0.15, 0.2) is 18.2 Å². The van der Waals surface area contributed by atoms with Gasteiger partial charge >= 0.3 is 0 Å². The molecule has 2 rings (SSSR count). The molecule has 3 heteroatoms. The minimum atomic E-state index is 0.444. The van der Waals surface area contributed by atoms with Gasteiger partial charge in [0, 0.05) is 6.04 Å². The van der Waals surface area contributed by atoms with Crippen LogP contribution < -0.4 is 10.1 Å². The van der Waals surface area contributed by atoms with Crippen molar-refractivity contribution in [2.45, 2.75) is 32.2 Å². The zero-order valence-corrected chi connectivity index (χ0v) is 11.3. The maximum Gasteiger partial charge on any atom is 0.137 e. The van der Waals surface area contributed by atoms with Crippen LogP contribution in [0.5, 0.6) is 5.75 Å². The van der Waals surface area contributed by atoms with Crippen molar-refractivity contribution in [2.24, 2.45) is 5.92 Å². The van der Waals surface area contributed by atoms with Gasteiger partial charge in [-0.25, -0.2) is 0 Å². The van der Waals surface area contributed by atoms with Crippen molar-refractivity contribution < 1.29 is 4.74 Å². The smallest absolute Gasteiger partial charge is 0.137 e. The molecule has 1 aromatic carbocycles. The molecule has 0 spiro atoms. The lowest BCUT2D eigenvalue weighted by Gasteiger charge is -2.30. The first-order chi connectivity index (χ1) is 8.24. The van der Waals surface area contributed by atoms with Gasteiger partial charge in [-0.2, -0.15) is 0 Å². The van der Waals surface area contributed by atoms with Crippen LogP contribution in [-0.2, 0) is 0 Å². The highest BCUT2D eigenvalue weighted by Crippen LogP contribution is 2.33. The van der Waals surface area contributed by atoms with Crippen LogP contribution in [0.4, 0.5) is 0 Å². The zero-order chi connectivity index (χ0) is 12.3. The molecule has 94 valence electrons. The Kier molecular flexibility index (Phi) is 4.30. The molecule has 17 heavy (non-hydrogen) atoms. The van der Waals surface area contributed by atoms with Gasteiger partial charge in [0.05, 0.1) is 12.1 Å². The van der Waals surface area contributed by atoms with Crippen LogP contribution in [0.3, 0.4) is 0 Å². The fourth-order valence-electron chi connectivity index (χ4n) is 2.51. The summed E-state index contributed by atoms with van der Waals surface area (Å²) in [6, 6.07) is 6.52. The van der Waals surface area contributed by atoms with Crippen LogP contribution in [0.2, 0.25) is 5.02 Å². The van der Waals surface area contributed by atoms with E-state index in [0.29, 0.717) is 11.1 Å². The highest BCUT2D eigenvalue weighted by molar-refractivity contribution is 6.32. The van der Waals surface area contributed by atoms with E-state index >= 15 is 0 Å². The van der Waals surface area contributed by atoms with Gasteiger partial charge in [0.25, 0.3) is 0 Å². The van der Waals surface area contributed by atoms with E-state index in [0.717, 1.165) is 18.2 Å². The lowest BCUT2D eigenvalue weighted by atomic mass is 9.87. The molecule has 0 aliphatic carbocycles. The Balaban J connectivity index is 2.16. The molecule has 1 aliphatic heterocycles. The highest BCUT2D eigenvalue weighted by Gasteiger charge is 2.22. The van der Waals surface area contributed by atoms with Gasteiger partial charge in [0.1, 0.15) is 5.75 Å². The summed E-state index contributed by atoms with van der Waals surface area (Å²) in [6.45, 7) is 3.38. The molecule has 1 aromatic rings. The summed E-state index contributed by atoms with van der Waals surface area (Å²) < 4.78 is 5.27. The van der Waals surface area contributed by atoms with Crippen LogP contribution in [-0.4, -0.2) is 13.7 Å². The van der Waals surface area contributed by atoms with E-state index in [1.54, 1.807) is 7.11 Å². The van der Waals surface area contributed by atoms with Crippen molar-refractivity contribution in [1.82, 2.24) is 5.32 Å². The Hall–Kier alpha value is -0.730. The van der Waals surface area contributed by atoms with Gasteiger partial charge in [0.2, 0.25) is 0 Å². The van der Waals surface area contributed by atoms with E-state index in [1.807, 2.05) is 6.07 Å². The molecule has 0 saturated carbocycles. The summed E-state index contributed by atoms with van der Waals surface area (Å²) in [7, 11) is 1.66. The zero-order valence-electron chi connectivity index (χ0n) is 10.5. The number of methoxy groups -OCH3 is 1. The van der Waals surface area contributed by atoms with Gasteiger partial charge in [-0.1, -0.05) is 31.0 Å². The predicted molar refractivity (Wildman–Crippen MR) is 71.8 cm³/mol. The van der Waals surface area contributed by atoms with Crippen molar-refractivity contribution in [3.63, 3.8) is 0 Å². The van der Waals surface area contributed by atoms with Crippen molar-refractivity contribution in [3.05, 3.63) is 28.8 Å². The topological polar surface area (TPSA) is 21.3 Å². The van der Waals surface area contributed by atoms with Crippen molar-refractivity contribution in [2.75, 3.05) is 13.7 Å². The lowest BCUT2D eigenvalue weighted by molar-refractivity contribution is 0.298. The molecule has 1 N–H and O–H groups in total. The highest BCUT2D eigenvalue weighted by atomic mass is 35.5. The first kappa shape index (κ1) is 12.7. The van der Waals surface area contributed by atoms with E-state index in [4.69, 9.17) is 16.3 Å². The van der Waals surface area contributed by atoms with E-state index in [9.17, 15) is 0 Å². The number of ether oxygens (including phenoxy) is 1.